The first-order valence-corrected chi connectivity index (χ1v) is 16.3. The van der Waals surface area contributed by atoms with Gasteiger partial charge in [0.2, 0.25) is 5.95 Å². The van der Waals surface area contributed by atoms with Crippen LogP contribution in [0.25, 0.3) is 0 Å². The summed E-state index contributed by atoms with van der Waals surface area (Å²) in [4.78, 5) is 17.3. The van der Waals surface area contributed by atoms with Crippen molar-refractivity contribution < 1.29 is 4.74 Å². The van der Waals surface area contributed by atoms with Crippen molar-refractivity contribution in [3.63, 3.8) is 0 Å². The first-order valence-electron chi connectivity index (χ1n) is 15.8. The molecule has 3 aromatic rings. The third kappa shape index (κ3) is 7.21. The number of nitrogens with one attached hydrogen (secondary N) is 2. The number of nitrogens with zero attached hydrogens (tertiary/aromatic N) is 5. The Hall–Kier alpha value is -3.43. The standard InChI is InChI=1S/C34H45N7OS/c1-26-21-27(2)24-41(23-26)31-22-30(40-17-15-39(16-18-40)29-11-7-4-8-12-29)36-32(37-31)38-33(43)35-25-34(13-19-42-20-14-34)28-9-5-3-6-10-28/h3-12,22,26-27H,13-21,23-25H2,1-2H3,(H2,35,36,37,38,43). The number of hydrogen-bond acceptors (Lipinski definition) is 7. The zero-order valence-electron chi connectivity index (χ0n) is 25.5. The van der Waals surface area contributed by atoms with Crippen LogP contribution in [-0.2, 0) is 10.2 Å². The van der Waals surface area contributed by atoms with Gasteiger partial charge in [0.1, 0.15) is 11.6 Å². The molecule has 0 saturated carbocycles. The number of rotatable bonds is 7. The second-order valence-electron chi connectivity index (χ2n) is 12.6. The van der Waals surface area contributed by atoms with E-state index in [2.05, 4.69) is 106 Å². The van der Waals surface area contributed by atoms with Gasteiger partial charge in [-0.2, -0.15) is 9.97 Å². The highest BCUT2D eigenvalue weighted by Gasteiger charge is 2.34. The molecule has 0 spiro atoms. The Morgan fingerprint density at radius 2 is 1.42 bits per heavy atom. The van der Waals surface area contributed by atoms with Gasteiger partial charge in [0.25, 0.3) is 0 Å². The topological polar surface area (TPSA) is 68.8 Å². The number of piperazine rings is 1. The van der Waals surface area contributed by atoms with Gasteiger partial charge in [0, 0.05) is 76.2 Å². The van der Waals surface area contributed by atoms with E-state index in [1.165, 1.54) is 17.7 Å². The van der Waals surface area contributed by atoms with Crippen LogP contribution in [0.2, 0.25) is 0 Å². The second-order valence-corrected chi connectivity index (χ2v) is 13.0. The lowest BCUT2D eigenvalue weighted by Gasteiger charge is -2.39. The molecule has 3 saturated heterocycles. The molecule has 0 amide bonds. The monoisotopic (exact) mass is 599 g/mol. The van der Waals surface area contributed by atoms with Crippen LogP contribution in [0.5, 0.6) is 0 Å². The number of hydrogen-bond donors (Lipinski definition) is 2. The number of benzene rings is 2. The summed E-state index contributed by atoms with van der Waals surface area (Å²) in [5, 5.41) is 7.45. The minimum atomic E-state index is -0.0162. The molecule has 3 fully saturated rings. The Bertz CT molecular complexity index is 1330. The fraction of sp³-hybridized carbons (Fsp3) is 0.500. The molecule has 0 radical (unpaired) electrons. The van der Waals surface area contributed by atoms with Crippen molar-refractivity contribution in [3.05, 3.63) is 72.3 Å². The maximum Gasteiger partial charge on any atom is 0.232 e. The van der Waals surface area contributed by atoms with Crippen molar-refractivity contribution >= 4 is 40.6 Å². The van der Waals surface area contributed by atoms with E-state index < -0.39 is 0 Å². The predicted molar refractivity (Wildman–Crippen MR) is 180 cm³/mol. The quantitative estimate of drug-likeness (QED) is 0.351. The van der Waals surface area contributed by atoms with E-state index in [1.807, 2.05) is 0 Å². The molecule has 4 heterocycles. The molecule has 0 aliphatic carbocycles. The van der Waals surface area contributed by atoms with Gasteiger partial charge in [-0.25, -0.2) is 0 Å². The molecule has 2 N–H and O–H groups in total. The average molecular weight is 600 g/mol. The number of piperidine rings is 1. The van der Waals surface area contributed by atoms with Crippen LogP contribution in [0.15, 0.2) is 66.7 Å². The van der Waals surface area contributed by atoms with E-state index in [1.54, 1.807) is 0 Å². The van der Waals surface area contributed by atoms with Crippen LogP contribution >= 0.6 is 12.2 Å². The molecule has 1 aromatic heterocycles. The highest BCUT2D eigenvalue weighted by Crippen LogP contribution is 2.34. The summed E-state index contributed by atoms with van der Waals surface area (Å²) in [6, 6.07) is 23.6. The maximum absolute atomic E-state index is 5.84. The fourth-order valence-electron chi connectivity index (χ4n) is 7.00. The molecular weight excluding hydrogens is 554 g/mol. The smallest absolute Gasteiger partial charge is 0.232 e. The zero-order valence-corrected chi connectivity index (χ0v) is 26.4. The average Bonchev–Trinajstić information content (AvgIpc) is 3.04. The molecular formula is C34H45N7OS. The van der Waals surface area contributed by atoms with Gasteiger partial charge in [-0.15, -0.1) is 0 Å². The van der Waals surface area contributed by atoms with Gasteiger partial charge in [0.15, 0.2) is 5.11 Å². The summed E-state index contributed by atoms with van der Waals surface area (Å²) >= 11 is 5.84. The normalized spacial score (nSPS) is 22.2. The largest absolute Gasteiger partial charge is 0.381 e. The van der Waals surface area contributed by atoms with Crippen LogP contribution in [0, 0.1) is 11.8 Å². The fourth-order valence-corrected chi connectivity index (χ4v) is 7.16. The summed E-state index contributed by atoms with van der Waals surface area (Å²) < 4.78 is 5.73. The number of ether oxygens (including phenoxy) is 1. The van der Waals surface area contributed by atoms with E-state index in [0.717, 1.165) is 83.5 Å². The third-order valence-corrected chi connectivity index (χ3v) is 9.51. The van der Waals surface area contributed by atoms with Crippen molar-refractivity contribution in [2.45, 2.75) is 38.5 Å². The number of para-hydroxylation sites is 1. The molecule has 6 rings (SSSR count). The minimum absolute atomic E-state index is 0.0162. The van der Waals surface area contributed by atoms with E-state index in [-0.39, 0.29) is 5.41 Å². The molecule has 2 atom stereocenters. The molecule has 9 heteroatoms. The summed E-state index contributed by atoms with van der Waals surface area (Å²) in [5.74, 6) is 3.75. The van der Waals surface area contributed by atoms with Gasteiger partial charge < -0.3 is 30.1 Å². The summed E-state index contributed by atoms with van der Waals surface area (Å²) in [7, 11) is 0. The Kier molecular flexibility index (Phi) is 9.28. The molecule has 228 valence electrons. The van der Waals surface area contributed by atoms with Gasteiger partial charge in [-0.05, 0) is 61.0 Å². The highest BCUT2D eigenvalue weighted by atomic mass is 32.1. The molecule has 0 bridgehead atoms. The van der Waals surface area contributed by atoms with Crippen molar-refractivity contribution in [2.75, 3.05) is 79.0 Å². The Morgan fingerprint density at radius 3 is 2.07 bits per heavy atom. The van der Waals surface area contributed by atoms with E-state index in [9.17, 15) is 0 Å². The Balaban J connectivity index is 1.19. The van der Waals surface area contributed by atoms with Gasteiger partial charge in [0.05, 0.1) is 0 Å². The van der Waals surface area contributed by atoms with Crippen LogP contribution < -0.4 is 25.3 Å². The minimum Gasteiger partial charge on any atom is -0.381 e. The summed E-state index contributed by atoms with van der Waals surface area (Å²) in [6.45, 7) is 12.7. The number of thiocarbonyl (C=S) groups is 1. The lowest BCUT2D eigenvalue weighted by Crippen LogP contribution is -2.47. The SMILES string of the molecule is CC1CC(C)CN(c2cc(N3CCN(c4ccccc4)CC3)nc(NC(=S)NCC3(c4ccccc4)CCOCC3)n2)C1. The summed E-state index contributed by atoms with van der Waals surface area (Å²) in [6.07, 6.45) is 3.18. The molecule has 3 aliphatic rings. The summed E-state index contributed by atoms with van der Waals surface area (Å²) in [5.41, 5.74) is 2.59. The van der Waals surface area contributed by atoms with Crippen LogP contribution in [0.3, 0.4) is 0 Å². The molecule has 3 aliphatic heterocycles. The van der Waals surface area contributed by atoms with Gasteiger partial charge in [-0.1, -0.05) is 62.4 Å². The van der Waals surface area contributed by atoms with Gasteiger partial charge in [-0.3, -0.25) is 0 Å². The second kappa shape index (κ2) is 13.5. The maximum atomic E-state index is 5.84. The van der Waals surface area contributed by atoms with Crippen LogP contribution in [-0.4, -0.2) is 74.1 Å². The highest BCUT2D eigenvalue weighted by molar-refractivity contribution is 7.80. The van der Waals surface area contributed by atoms with Gasteiger partial charge >= 0.3 is 0 Å². The Morgan fingerprint density at radius 1 is 0.837 bits per heavy atom. The van der Waals surface area contributed by atoms with Crippen molar-refractivity contribution in [3.8, 4) is 0 Å². The molecule has 2 unspecified atom stereocenters. The third-order valence-electron chi connectivity index (χ3n) is 9.27. The first kappa shape index (κ1) is 29.6. The molecule has 2 aromatic carbocycles. The predicted octanol–water partition coefficient (Wildman–Crippen LogP) is 5.32. The molecule has 43 heavy (non-hydrogen) atoms. The Labute approximate surface area is 261 Å². The van der Waals surface area contributed by atoms with Crippen molar-refractivity contribution in [1.82, 2.24) is 15.3 Å². The van der Waals surface area contributed by atoms with Crippen LogP contribution in [0.4, 0.5) is 23.3 Å². The molecule has 8 nitrogen and oxygen atoms in total. The van der Waals surface area contributed by atoms with Crippen LogP contribution in [0.1, 0.15) is 38.7 Å². The first-order chi connectivity index (χ1) is 21.0. The van der Waals surface area contributed by atoms with E-state index in [0.29, 0.717) is 22.9 Å². The number of aromatic nitrogens is 2. The van der Waals surface area contributed by atoms with E-state index in [4.69, 9.17) is 26.9 Å². The number of anilines is 4. The van der Waals surface area contributed by atoms with E-state index >= 15 is 0 Å². The zero-order chi connectivity index (χ0) is 29.6. The van der Waals surface area contributed by atoms with Crippen molar-refractivity contribution in [1.29, 1.82) is 0 Å². The lowest BCUT2D eigenvalue weighted by atomic mass is 9.74. The van der Waals surface area contributed by atoms with Crippen molar-refractivity contribution in [2.24, 2.45) is 11.8 Å². The lowest BCUT2D eigenvalue weighted by molar-refractivity contribution is 0.0515.